The van der Waals surface area contributed by atoms with Crippen molar-refractivity contribution in [2.24, 2.45) is 0 Å². The maximum absolute atomic E-state index is 13.8. The van der Waals surface area contributed by atoms with Crippen LogP contribution in [-0.2, 0) is 13.3 Å². The summed E-state index contributed by atoms with van der Waals surface area (Å²) < 4.78 is 23.0. The molecule has 0 spiro atoms. The van der Waals surface area contributed by atoms with Gasteiger partial charge in [0, 0.05) is 16.8 Å². The number of amides is 1. The molecule has 0 aliphatic carbocycles. The minimum Gasteiger partial charge on any atom is -0.470 e. The summed E-state index contributed by atoms with van der Waals surface area (Å²) in [6.45, 7) is 0.296. The van der Waals surface area contributed by atoms with E-state index in [-0.39, 0.29) is 30.7 Å². The number of ether oxygens (including phenoxy) is 1. The van der Waals surface area contributed by atoms with E-state index in [0.717, 1.165) is 0 Å². The van der Waals surface area contributed by atoms with Gasteiger partial charge in [0.25, 0.3) is 5.91 Å². The number of nitrogens with zero attached hydrogens (tertiary/aromatic N) is 5. The van der Waals surface area contributed by atoms with Crippen LogP contribution in [0.25, 0.3) is 0 Å². The number of halogens is 3. The molecule has 0 atom stereocenters. The van der Waals surface area contributed by atoms with Crippen LogP contribution in [0.2, 0.25) is 5.02 Å². The number of carbonyl (C=O) groups is 1. The van der Waals surface area contributed by atoms with Gasteiger partial charge in [0.15, 0.2) is 12.4 Å². The zero-order valence-electron chi connectivity index (χ0n) is 15.9. The van der Waals surface area contributed by atoms with Crippen LogP contribution >= 0.6 is 27.5 Å². The van der Waals surface area contributed by atoms with E-state index in [1.165, 1.54) is 21.8 Å². The highest BCUT2D eigenvalue weighted by atomic mass is 79.9. The standard InChI is InChI=1S/C20H15BrClFN6O2/c21-15-9-14(22)5-6-18(15)31-12-28-8-7-17(26-28)19(30)25-20-24-11-29(27-20)10-13-3-1-2-4-16(13)23/h1-9,11H,10,12H2,(H,25,27,30). The lowest BCUT2D eigenvalue weighted by atomic mass is 10.2. The lowest BCUT2D eigenvalue weighted by Gasteiger charge is -2.08. The molecular weight excluding hydrogens is 491 g/mol. The molecule has 158 valence electrons. The van der Waals surface area contributed by atoms with E-state index in [4.69, 9.17) is 16.3 Å². The lowest BCUT2D eigenvalue weighted by molar-refractivity contribution is 0.101. The highest BCUT2D eigenvalue weighted by Crippen LogP contribution is 2.28. The molecule has 0 aliphatic rings. The van der Waals surface area contributed by atoms with Gasteiger partial charge in [0.1, 0.15) is 17.9 Å². The molecule has 0 radical (unpaired) electrons. The van der Waals surface area contributed by atoms with Crippen molar-refractivity contribution >= 4 is 39.4 Å². The predicted octanol–water partition coefficient (Wildman–Crippen LogP) is 4.37. The van der Waals surface area contributed by atoms with E-state index in [1.807, 2.05) is 0 Å². The average molecular weight is 506 g/mol. The van der Waals surface area contributed by atoms with Gasteiger partial charge in [-0.2, -0.15) is 5.10 Å². The predicted molar refractivity (Wildman–Crippen MR) is 115 cm³/mol. The second-order valence-corrected chi connectivity index (χ2v) is 7.69. The van der Waals surface area contributed by atoms with Crippen molar-refractivity contribution in [2.45, 2.75) is 13.3 Å². The smallest absolute Gasteiger partial charge is 0.278 e. The molecular formula is C20H15BrClFN6O2. The number of anilines is 1. The summed E-state index contributed by atoms with van der Waals surface area (Å²) >= 11 is 9.28. The SMILES string of the molecule is O=C(Nc1ncn(Cc2ccccc2F)n1)c1ccn(COc2ccc(Cl)cc2Br)n1. The van der Waals surface area contributed by atoms with Gasteiger partial charge in [0.2, 0.25) is 5.95 Å². The maximum atomic E-state index is 13.8. The normalized spacial score (nSPS) is 10.8. The first-order chi connectivity index (χ1) is 15.0. The van der Waals surface area contributed by atoms with Gasteiger partial charge in [-0.05, 0) is 46.3 Å². The number of rotatable bonds is 7. The molecule has 0 bridgehead atoms. The van der Waals surface area contributed by atoms with E-state index in [9.17, 15) is 9.18 Å². The Morgan fingerprint density at radius 3 is 2.81 bits per heavy atom. The van der Waals surface area contributed by atoms with E-state index < -0.39 is 5.91 Å². The van der Waals surface area contributed by atoms with E-state index in [0.29, 0.717) is 20.8 Å². The third-order valence-corrected chi connectivity index (χ3v) is 5.03. The summed E-state index contributed by atoms with van der Waals surface area (Å²) in [5, 5.41) is 11.5. The molecule has 4 aromatic rings. The van der Waals surface area contributed by atoms with Gasteiger partial charge in [0.05, 0.1) is 11.0 Å². The zero-order valence-corrected chi connectivity index (χ0v) is 18.2. The first kappa shape index (κ1) is 21.0. The Kier molecular flexibility index (Phi) is 6.28. The number of hydrogen-bond donors (Lipinski definition) is 1. The van der Waals surface area contributed by atoms with Crippen molar-refractivity contribution < 1.29 is 13.9 Å². The number of benzene rings is 2. The van der Waals surface area contributed by atoms with Crippen LogP contribution in [-0.4, -0.2) is 30.5 Å². The van der Waals surface area contributed by atoms with Gasteiger partial charge < -0.3 is 4.74 Å². The Hall–Kier alpha value is -3.24. The topological polar surface area (TPSA) is 86.9 Å². The van der Waals surface area contributed by atoms with Gasteiger partial charge in [-0.15, -0.1) is 5.10 Å². The molecule has 2 aromatic heterocycles. The molecule has 0 saturated carbocycles. The third kappa shape index (κ3) is 5.28. The molecule has 0 saturated heterocycles. The van der Waals surface area contributed by atoms with Crippen molar-refractivity contribution in [3.8, 4) is 5.75 Å². The summed E-state index contributed by atoms with van der Waals surface area (Å²) in [5.41, 5.74) is 0.639. The van der Waals surface area contributed by atoms with Crippen LogP contribution in [0.4, 0.5) is 10.3 Å². The molecule has 1 amide bonds. The molecule has 31 heavy (non-hydrogen) atoms. The molecule has 0 fully saturated rings. The molecule has 11 heteroatoms. The summed E-state index contributed by atoms with van der Waals surface area (Å²) in [5.74, 6) is -0.121. The maximum Gasteiger partial charge on any atom is 0.278 e. The summed E-state index contributed by atoms with van der Waals surface area (Å²) in [6, 6.07) is 13.1. The number of hydrogen-bond acceptors (Lipinski definition) is 5. The summed E-state index contributed by atoms with van der Waals surface area (Å²) in [4.78, 5) is 16.4. The molecule has 4 rings (SSSR count). The van der Waals surface area contributed by atoms with Crippen molar-refractivity contribution in [3.05, 3.63) is 87.6 Å². The average Bonchev–Trinajstić information content (AvgIpc) is 3.39. The zero-order chi connectivity index (χ0) is 21.8. The van der Waals surface area contributed by atoms with Crippen LogP contribution in [0.15, 0.2) is 65.5 Å². The Balaban J connectivity index is 1.35. The monoisotopic (exact) mass is 504 g/mol. The molecule has 1 N–H and O–H groups in total. The van der Waals surface area contributed by atoms with Crippen LogP contribution in [0.1, 0.15) is 16.1 Å². The number of carbonyl (C=O) groups excluding carboxylic acids is 1. The molecule has 2 aromatic carbocycles. The minimum absolute atomic E-state index is 0.0947. The Morgan fingerprint density at radius 2 is 2.00 bits per heavy atom. The lowest BCUT2D eigenvalue weighted by Crippen LogP contribution is -2.15. The second kappa shape index (κ2) is 9.27. The summed E-state index contributed by atoms with van der Waals surface area (Å²) in [6.07, 6.45) is 3.03. The first-order valence-corrected chi connectivity index (χ1v) is 10.2. The second-order valence-electron chi connectivity index (χ2n) is 6.40. The first-order valence-electron chi connectivity index (χ1n) is 9.03. The van der Waals surface area contributed by atoms with Crippen LogP contribution < -0.4 is 10.1 Å². The van der Waals surface area contributed by atoms with Gasteiger partial charge >= 0.3 is 0 Å². The van der Waals surface area contributed by atoms with Crippen LogP contribution in [0, 0.1) is 5.82 Å². The molecule has 0 aliphatic heterocycles. The molecule has 8 nitrogen and oxygen atoms in total. The molecule has 2 heterocycles. The third-order valence-electron chi connectivity index (χ3n) is 4.17. The fourth-order valence-electron chi connectivity index (χ4n) is 2.68. The largest absolute Gasteiger partial charge is 0.470 e. The van der Waals surface area contributed by atoms with Crippen molar-refractivity contribution in [3.63, 3.8) is 0 Å². The highest BCUT2D eigenvalue weighted by Gasteiger charge is 2.13. The van der Waals surface area contributed by atoms with E-state index in [1.54, 1.807) is 48.7 Å². The van der Waals surface area contributed by atoms with Crippen molar-refractivity contribution in [1.82, 2.24) is 24.5 Å². The fraction of sp³-hybridized carbons (Fsp3) is 0.100. The van der Waals surface area contributed by atoms with Gasteiger partial charge in [-0.25, -0.2) is 18.7 Å². The Bertz CT molecular complexity index is 1230. The fourth-order valence-corrected chi connectivity index (χ4v) is 3.47. The van der Waals surface area contributed by atoms with Crippen molar-refractivity contribution in [2.75, 3.05) is 5.32 Å². The quantitative estimate of drug-likeness (QED) is 0.403. The number of aromatic nitrogens is 5. The summed E-state index contributed by atoms with van der Waals surface area (Å²) in [7, 11) is 0. The van der Waals surface area contributed by atoms with E-state index >= 15 is 0 Å². The highest BCUT2D eigenvalue weighted by molar-refractivity contribution is 9.10. The van der Waals surface area contributed by atoms with Crippen LogP contribution in [0.3, 0.4) is 0 Å². The molecule has 0 unspecified atom stereocenters. The van der Waals surface area contributed by atoms with Gasteiger partial charge in [-0.1, -0.05) is 29.8 Å². The Labute approximate surface area is 189 Å². The van der Waals surface area contributed by atoms with Gasteiger partial charge in [-0.3, -0.25) is 10.1 Å². The van der Waals surface area contributed by atoms with Crippen LogP contribution in [0.5, 0.6) is 5.75 Å². The number of nitrogens with one attached hydrogen (secondary N) is 1. The van der Waals surface area contributed by atoms with Crippen molar-refractivity contribution in [1.29, 1.82) is 0 Å². The Morgan fingerprint density at radius 1 is 1.16 bits per heavy atom. The minimum atomic E-state index is -0.477. The van der Waals surface area contributed by atoms with E-state index in [2.05, 4.69) is 36.4 Å².